The van der Waals surface area contributed by atoms with Gasteiger partial charge in [0.05, 0.1) is 11.1 Å². The molecule has 0 spiro atoms. The number of nitrogens with one attached hydrogen (secondary N) is 1. The predicted molar refractivity (Wildman–Crippen MR) is 78.1 cm³/mol. The van der Waals surface area contributed by atoms with E-state index in [-0.39, 0.29) is 4.90 Å². The van der Waals surface area contributed by atoms with E-state index in [0.717, 1.165) is 11.1 Å². The molecule has 5 nitrogen and oxygen atoms in total. The Kier molecular flexibility index (Phi) is 4.14. The Morgan fingerprint density at radius 2 is 1.85 bits per heavy atom. The van der Waals surface area contributed by atoms with Crippen LogP contribution in [0, 0.1) is 13.8 Å². The number of pyridine rings is 1. The Bertz CT molecular complexity index is 725. The maximum atomic E-state index is 12.2. The third-order valence-electron chi connectivity index (χ3n) is 2.73. The molecule has 1 aromatic carbocycles. The summed E-state index contributed by atoms with van der Waals surface area (Å²) in [6.45, 7) is 3.60. The van der Waals surface area contributed by atoms with Crippen molar-refractivity contribution in [3.63, 3.8) is 0 Å². The van der Waals surface area contributed by atoms with Crippen LogP contribution in [-0.2, 0) is 10.0 Å². The second-order valence-corrected chi connectivity index (χ2v) is 6.03. The molecule has 0 aliphatic carbocycles. The monoisotopic (exact) mass is 289 g/mol. The minimum absolute atomic E-state index is 0.240. The van der Waals surface area contributed by atoms with E-state index in [0.29, 0.717) is 5.56 Å². The van der Waals surface area contributed by atoms with Gasteiger partial charge < -0.3 is 0 Å². The first-order valence-corrected chi connectivity index (χ1v) is 7.49. The van der Waals surface area contributed by atoms with Gasteiger partial charge in [-0.1, -0.05) is 12.1 Å². The van der Waals surface area contributed by atoms with Gasteiger partial charge in [0, 0.05) is 12.4 Å². The lowest BCUT2D eigenvalue weighted by Gasteiger charge is -2.07. The Morgan fingerprint density at radius 3 is 2.55 bits per heavy atom. The zero-order chi connectivity index (χ0) is 14.6. The molecule has 104 valence electrons. The molecule has 20 heavy (non-hydrogen) atoms. The first-order chi connectivity index (χ1) is 9.49. The summed E-state index contributed by atoms with van der Waals surface area (Å²) in [6.07, 6.45) is 4.66. The van der Waals surface area contributed by atoms with Crippen molar-refractivity contribution in [3.05, 3.63) is 59.4 Å². The number of aromatic nitrogens is 1. The summed E-state index contributed by atoms with van der Waals surface area (Å²) >= 11 is 0. The van der Waals surface area contributed by atoms with E-state index in [1.807, 2.05) is 13.0 Å². The largest absolute Gasteiger partial charge is 0.276 e. The fourth-order valence-electron chi connectivity index (χ4n) is 1.67. The summed E-state index contributed by atoms with van der Waals surface area (Å²) in [5.74, 6) is 0. The van der Waals surface area contributed by atoms with Crippen LogP contribution in [0.3, 0.4) is 0 Å². The third kappa shape index (κ3) is 3.42. The van der Waals surface area contributed by atoms with Gasteiger partial charge >= 0.3 is 0 Å². The van der Waals surface area contributed by atoms with Gasteiger partial charge in [-0.15, -0.1) is 0 Å². The number of hydrogen-bond acceptors (Lipinski definition) is 4. The van der Waals surface area contributed by atoms with Crippen molar-refractivity contribution >= 4 is 16.2 Å². The maximum Gasteiger partial charge on any atom is 0.276 e. The molecule has 0 bridgehead atoms. The first-order valence-electron chi connectivity index (χ1n) is 6.01. The minimum atomic E-state index is -3.65. The summed E-state index contributed by atoms with van der Waals surface area (Å²) in [5, 5.41) is 3.77. The van der Waals surface area contributed by atoms with Crippen LogP contribution in [0.1, 0.15) is 16.7 Å². The smallest absolute Gasteiger partial charge is 0.265 e. The summed E-state index contributed by atoms with van der Waals surface area (Å²) in [5.41, 5.74) is 2.33. The molecule has 0 unspecified atom stereocenters. The second-order valence-electron chi connectivity index (χ2n) is 4.40. The quantitative estimate of drug-likeness (QED) is 0.691. The van der Waals surface area contributed by atoms with Crippen molar-refractivity contribution in [2.24, 2.45) is 5.10 Å². The summed E-state index contributed by atoms with van der Waals surface area (Å²) in [4.78, 5) is 6.32. The van der Waals surface area contributed by atoms with Gasteiger partial charge in [-0.2, -0.15) is 13.5 Å². The average Bonchev–Trinajstić information content (AvgIpc) is 2.42. The van der Waals surface area contributed by atoms with Crippen LogP contribution in [0.25, 0.3) is 0 Å². The molecular weight excluding hydrogens is 274 g/mol. The van der Waals surface area contributed by atoms with Gasteiger partial charge in [0.2, 0.25) is 0 Å². The van der Waals surface area contributed by atoms with Crippen molar-refractivity contribution in [2.75, 3.05) is 0 Å². The maximum absolute atomic E-state index is 12.2. The van der Waals surface area contributed by atoms with Crippen LogP contribution in [0.15, 0.2) is 52.7 Å². The number of aryl methyl sites for hydroxylation is 2. The van der Waals surface area contributed by atoms with Crippen LogP contribution < -0.4 is 4.83 Å². The Balaban J connectivity index is 2.20. The average molecular weight is 289 g/mol. The molecule has 6 heteroatoms. The number of rotatable bonds is 4. The Labute approximate surface area is 118 Å². The fourth-order valence-corrected chi connectivity index (χ4v) is 2.79. The molecule has 0 radical (unpaired) electrons. The molecule has 0 aliphatic heterocycles. The van der Waals surface area contributed by atoms with Gasteiger partial charge in [0.15, 0.2) is 0 Å². The van der Waals surface area contributed by atoms with E-state index in [4.69, 9.17) is 0 Å². The number of hydrogen-bond donors (Lipinski definition) is 1. The van der Waals surface area contributed by atoms with Crippen molar-refractivity contribution < 1.29 is 8.42 Å². The van der Waals surface area contributed by atoms with Crippen LogP contribution in [-0.4, -0.2) is 19.6 Å². The molecule has 0 fully saturated rings. The topological polar surface area (TPSA) is 71.4 Å². The minimum Gasteiger partial charge on any atom is -0.265 e. The number of benzene rings is 1. The highest BCUT2D eigenvalue weighted by molar-refractivity contribution is 7.89. The third-order valence-corrected chi connectivity index (χ3v) is 4.09. The molecule has 0 aliphatic rings. The molecule has 2 rings (SSSR count). The lowest BCUT2D eigenvalue weighted by atomic mass is 10.2. The van der Waals surface area contributed by atoms with E-state index in [1.165, 1.54) is 6.21 Å². The van der Waals surface area contributed by atoms with Crippen molar-refractivity contribution in [1.82, 2.24) is 9.82 Å². The standard InChI is InChI=1S/C14H15N3O2S/c1-11-3-4-12(2)14(9-11)20(18,19)17-16-10-13-5-7-15-8-6-13/h3-10,17H,1-2H3/b16-10+. The van der Waals surface area contributed by atoms with Crippen LogP contribution in [0.5, 0.6) is 0 Å². The fraction of sp³-hybridized carbons (Fsp3) is 0.143. The zero-order valence-electron chi connectivity index (χ0n) is 11.2. The van der Waals surface area contributed by atoms with E-state index in [2.05, 4.69) is 14.9 Å². The number of sulfonamides is 1. The molecule has 2 aromatic rings. The summed E-state index contributed by atoms with van der Waals surface area (Å²) in [6, 6.07) is 8.73. The van der Waals surface area contributed by atoms with Gasteiger partial charge in [0.25, 0.3) is 10.0 Å². The van der Waals surface area contributed by atoms with Crippen LogP contribution in [0.4, 0.5) is 0 Å². The van der Waals surface area contributed by atoms with Gasteiger partial charge in [-0.05, 0) is 48.7 Å². The summed E-state index contributed by atoms with van der Waals surface area (Å²) in [7, 11) is -3.65. The highest BCUT2D eigenvalue weighted by Gasteiger charge is 2.15. The highest BCUT2D eigenvalue weighted by atomic mass is 32.2. The first kappa shape index (κ1) is 14.2. The molecule has 0 amide bonds. The van der Waals surface area contributed by atoms with Crippen LogP contribution >= 0.6 is 0 Å². The molecule has 0 atom stereocenters. The normalized spacial score (nSPS) is 11.7. The SMILES string of the molecule is Cc1ccc(C)c(S(=O)(=O)N/N=C/c2ccncc2)c1. The van der Waals surface area contributed by atoms with E-state index < -0.39 is 10.0 Å². The molecule has 0 saturated carbocycles. The van der Waals surface area contributed by atoms with E-state index >= 15 is 0 Å². The highest BCUT2D eigenvalue weighted by Crippen LogP contribution is 2.16. The summed E-state index contributed by atoms with van der Waals surface area (Å²) < 4.78 is 24.3. The lowest BCUT2D eigenvalue weighted by molar-refractivity contribution is 0.584. The van der Waals surface area contributed by atoms with Gasteiger partial charge in [-0.25, -0.2) is 4.83 Å². The Hall–Kier alpha value is -2.21. The van der Waals surface area contributed by atoms with Gasteiger partial charge in [0.1, 0.15) is 0 Å². The van der Waals surface area contributed by atoms with Crippen molar-refractivity contribution in [1.29, 1.82) is 0 Å². The molecule has 1 aromatic heterocycles. The molecule has 1 heterocycles. The molecule has 1 N–H and O–H groups in total. The van der Waals surface area contributed by atoms with E-state index in [9.17, 15) is 8.42 Å². The second kappa shape index (κ2) is 5.83. The Morgan fingerprint density at radius 1 is 1.15 bits per heavy atom. The van der Waals surface area contributed by atoms with Gasteiger partial charge in [-0.3, -0.25) is 4.98 Å². The van der Waals surface area contributed by atoms with Crippen molar-refractivity contribution in [2.45, 2.75) is 18.7 Å². The predicted octanol–water partition coefficient (Wildman–Crippen LogP) is 2.01. The number of hydrazone groups is 1. The zero-order valence-corrected chi connectivity index (χ0v) is 12.1. The van der Waals surface area contributed by atoms with E-state index in [1.54, 1.807) is 43.6 Å². The molecule has 0 saturated heterocycles. The number of nitrogens with zero attached hydrogens (tertiary/aromatic N) is 2. The van der Waals surface area contributed by atoms with Crippen LogP contribution in [0.2, 0.25) is 0 Å². The van der Waals surface area contributed by atoms with Crippen molar-refractivity contribution in [3.8, 4) is 0 Å². The molecular formula is C14H15N3O2S. The lowest BCUT2D eigenvalue weighted by Crippen LogP contribution is -2.19.